The van der Waals surface area contributed by atoms with Gasteiger partial charge in [0.25, 0.3) is 0 Å². The molecular weight excluding hydrogens is 352 g/mol. The van der Waals surface area contributed by atoms with Crippen LogP contribution < -0.4 is 14.4 Å². The Morgan fingerprint density at radius 2 is 1.96 bits per heavy atom. The summed E-state index contributed by atoms with van der Waals surface area (Å²) in [7, 11) is 0. The molecule has 3 rings (SSSR count). The van der Waals surface area contributed by atoms with Crippen LogP contribution >= 0.6 is 0 Å². The predicted octanol–water partition coefficient (Wildman–Crippen LogP) is 4.61. The van der Waals surface area contributed by atoms with Gasteiger partial charge in [-0.15, -0.1) is 0 Å². The van der Waals surface area contributed by atoms with E-state index in [1.54, 1.807) is 13.1 Å². The van der Waals surface area contributed by atoms with E-state index in [9.17, 15) is 4.79 Å². The molecule has 1 aliphatic rings. The van der Waals surface area contributed by atoms with Crippen molar-refractivity contribution in [3.8, 4) is 11.6 Å². The summed E-state index contributed by atoms with van der Waals surface area (Å²) in [5, 5.41) is 0. The van der Waals surface area contributed by atoms with Gasteiger partial charge in [-0.2, -0.15) is 0 Å². The highest BCUT2D eigenvalue weighted by Gasteiger charge is 2.24. The Morgan fingerprint density at radius 1 is 1.21 bits per heavy atom. The number of hydrogen-bond acceptors (Lipinski definition) is 5. The number of Topliss-reactive ketones (excluding diaryl/α,β-unsaturated/α-hetero) is 1. The van der Waals surface area contributed by atoms with Crippen molar-refractivity contribution in [2.45, 2.75) is 58.7 Å². The number of nitrogens with zero attached hydrogens (tertiary/aromatic N) is 2. The molecule has 28 heavy (non-hydrogen) atoms. The maximum Gasteiger partial charge on any atom is 0.215 e. The van der Waals surface area contributed by atoms with Crippen molar-refractivity contribution in [3.63, 3.8) is 0 Å². The second-order valence-corrected chi connectivity index (χ2v) is 7.87. The molecule has 0 radical (unpaired) electrons. The molecule has 0 N–H and O–H groups in total. The largest absolute Gasteiger partial charge is 0.489 e. The number of carbonyl (C=O) groups excluding carboxylic acids is 1. The first kappa shape index (κ1) is 20.2. The van der Waals surface area contributed by atoms with Crippen LogP contribution in [0.4, 0.5) is 5.69 Å². The zero-order valence-corrected chi connectivity index (χ0v) is 17.2. The fourth-order valence-electron chi connectivity index (χ4n) is 3.58. The van der Waals surface area contributed by atoms with E-state index in [1.807, 2.05) is 38.1 Å². The minimum Gasteiger partial charge on any atom is -0.489 e. The lowest BCUT2D eigenvalue weighted by molar-refractivity contribution is -0.117. The standard InChI is InChI=1S/C23H30N2O3/c1-16(2)27-23-14-20(9-11-24-23)25-12-10-22(15-25)28-21-7-5-19(6-8-21)17(3)13-18(4)26/h5-9,11,14,16-17,22H,10,12-13,15H2,1-4H3/t17-,22?/m1/s1. The lowest BCUT2D eigenvalue weighted by atomic mass is 9.96. The summed E-state index contributed by atoms with van der Waals surface area (Å²) in [5.41, 5.74) is 2.29. The van der Waals surface area contributed by atoms with Gasteiger partial charge < -0.3 is 19.2 Å². The molecule has 2 aromatic rings. The third-order valence-corrected chi connectivity index (χ3v) is 4.93. The highest BCUT2D eigenvalue weighted by Crippen LogP contribution is 2.27. The van der Waals surface area contributed by atoms with Crippen molar-refractivity contribution >= 4 is 11.5 Å². The molecule has 2 heterocycles. The van der Waals surface area contributed by atoms with Crippen LogP contribution in [0.1, 0.15) is 52.0 Å². The smallest absolute Gasteiger partial charge is 0.215 e. The van der Waals surface area contributed by atoms with E-state index in [0.717, 1.165) is 30.9 Å². The van der Waals surface area contributed by atoms with Gasteiger partial charge in [0.15, 0.2) is 0 Å². The van der Waals surface area contributed by atoms with Crippen LogP contribution in [-0.4, -0.2) is 36.1 Å². The first-order valence-electron chi connectivity index (χ1n) is 10.0. The molecule has 0 saturated carbocycles. The normalized spacial score (nSPS) is 17.6. The summed E-state index contributed by atoms with van der Waals surface area (Å²) in [6, 6.07) is 12.2. The van der Waals surface area contributed by atoms with Gasteiger partial charge in [-0.05, 0) is 50.5 Å². The Labute approximate surface area is 167 Å². The lowest BCUT2D eigenvalue weighted by Crippen LogP contribution is -2.24. The SMILES string of the molecule is CC(=O)C[C@@H](C)c1ccc(OC2CCN(c3ccnc(OC(C)C)c3)C2)cc1. The number of ketones is 1. The zero-order chi connectivity index (χ0) is 20.1. The van der Waals surface area contributed by atoms with Crippen LogP contribution in [0.2, 0.25) is 0 Å². The molecule has 2 atom stereocenters. The molecule has 0 aliphatic carbocycles. The van der Waals surface area contributed by atoms with Crippen LogP contribution in [0.25, 0.3) is 0 Å². The maximum absolute atomic E-state index is 11.3. The maximum atomic E-state index is 11.3. The van der Waals surface area contributed by atoms with E-state index in [0.29, 0.717) is 12.3 Å². The van der Waals surface area contributed by atoms with Gasteiger partial charge in [-0.25, -0.2) is 4.98 Å². The van der Waals surface area contributed by atoms with Gasteiger partial charge in [-0.3, -0.25) is 0 Å². The summed E-state index contributed by atoms with van der Waals surface area (Å²) in [5.74, 6) is 2.00. The number of carbonyl (C=O) groups is 1. The fourth-order valence-corrected chi connectivity index (χ4v) is 3.58. The van der Waals surface area contributed by atoms with Gasteiger partial charge in [-0.1, -0.05) is 19.1 Å². The molecule has 1 aromatic heterocycles. The molecule has 1 aliphatic heterocycles. The van der Waals surface area contributed by atoms with Crippen LogP contribution in [0.15, 0.2) is 42.6 Å². The summed E-state index contributed by atoms with van der Waals surface area (Å²) < 4.78 is 11.9. The van der Waals surface area contributed by atoms with Crippen molar-refractivity contribution in [2.24, 2.45) is 0 Å². The van der Waals surface area contributed by atoms with Gasteiger partial charge in [0.1, 0.15) is 17.6 Å². The second-order valence-electron chi connectivity index (χ2n) is 7.87. The Kier molecular flexibility index (Phi) is 6.55. The molecule has 0 spiro atoms. The molecule has 5 heteroatoms. The Bertz CT molecular complexity index is 789. The van der Waals surface area contributed by atoms with Crippen molar-refractivity contribution in [2.75, 3.05) is 18.0 Å². The summed E-state index contributed by atoms with van der Waals surface area (Å²) in [4.78, 5) is 17.9. The van der Waals surface area contributed by atoms with Crippen molar-refractivity contribution < 1.29 is 14.3 Å². The molecule has 0 bridgehead atoms. The van der Waals surface area contributed by atoms with E-state index in [4.69, 9.17) is 9.47 Å². The number of rotatable bonds is 8. The number of ether oxygens (including phenoxy) is 2. The average molecular weight is 383 g/mol. The third-order valence-electron chi connectivity index (χ3n) is 4.93. The Morgan fingerprint density at radius 3 is 2.64 bits per heavy atom. The van der Waals surface area contributed by atoms with Crippen molar-refractivity contribution in [3.05, 3.63) is 48.2 Å². The quantitative estimate of drug-likeness (QED) is 0.667. The number of aromatic nitrogens is 1. The molecule has 1 saturated heterocycles. The molecule has 0 amide bonds. The highest BCUT2D eigenvalue weighted by atomic mass is 16.5. The summed E-state index contributed by atoms with van der Waals surface area (Å²) >= 11 is 0. The average Bonchev–Trinajstić information content (AvgIpc) is 3.10. The molecule has 150 valence electrons. The van der Waals surface area contributed by atoms with Gasteiger partial charge in [0, 0.05) is 37.3 Å². The fraction of sp³-hybridized carbons (Fsp3) is 0.478. The van der Waals surface area contributed by atoms with E-state index >= 15 is 0 Å². The van der Waals surface area contributed by atoms with Crippen LogP contribution in [0.3, 0.4) is 0 Å². The van der Waals surface area contributed by atoms with Gasteiger partial charge >= 0.3 is 0 Å². The monoisotopic (exact) mass is 382 g/mol. The Balaban J connectivity index is 1.57. The highest BCUT2D eigenvalue weighted by molar-refractivity contribution is 5.76. The minimum absolute atomic E-state index is 0.110. The van der Waals surface area contributed by atoms with Crippen LogP contribution in [0.5, 0.6) is 11.6 Å². The van der Waals surface area contributed by atoms with E-state index in [2.05, 4.69) is 28.9 Å². The zero-order valence-electron chi connectivity index (χ0n) is 17.2. The molecule has 1 fully saturated rings. The van der Waals surface area contributed by atoms with Gasteiger partial charge in [0.05, 0.1) is 12.6 Å². The van der Waals surface area contributed by atoms with Crippen molar-refractivity contribution in [1.29, 1.82) is 0 Å². The number of pyridine rings is 1. The minimum atomic E-state index is 0.110. The third kappa shape index (κ3) is 5.47. The molecule has 5 nitrogen and oxygen atoms in total. The number of hydrogen-bond donors (Lipinski definition) is 0. The summed E-state index contributed by atoms with van der Waals surface area (Å²) in [6.07, 6.45) is 3.61. The first-order valence-corrected chi connectivity index (χ1v) is 10.0. The Hall–Kier alpha value is -2.56. The number of anilines is 1. The summed E-state index contributed by atoms with van der Waals surface area (Å²) in [6.45, 7) is 9.51. The molecular formula is C23H30N2O3. The molecule has 1 unspecified atom stereocenters. The second kappa shape index (κ2) is 9.09. The lowest BCUT2D eigenvalue weighted by Gasteiger charge is -2.20. The van der Waals surface area contributed by atoms with Crippen molar-refractivity contribution in [1.82, 2.24) is 4.98 Å². The van der Waals surface area contributed by atoms with E-state index in [1.165, 1.54) is 5.56 Å². The van der Waals surface area contributed by atoms with Gasteiger partial charge in [0.2, 0.25) is 5.88 Å². The van der Waals surface area contributed by atoms with E-state index < -0.39 is 0 Å². The topological polar surface area (TPSA) is 51.7 Å². The predicted molar refractivity (Wildman–Crippen MR) is 111 cm³/mol. The van der Waals surface area contributed by atoms with Crippen LogP contribution in [-0.2, 0) is 4.79 Å². The van der Waals surface area contributed by atoms with Crippen LogP contribution in [0, 0.1) is 0 Å². The first-order chi connectivity index (χ1) is 13.4. The van der Waals surface area contributed by atoms with E-state index in [-0.39, 0.29) is 23.9 Å². The number of benzene rings is 1. The molecule has 1 aromatic carbocycles.